The molecule has 0 bridgehead atoms. The standard InChI is InChI=1S/C20H21ClN2O4/c1-26-17-8-4-5-9-18(17)27-13-19(24)22-15-10-20(25)23(12-15)11-14-6-2-3-7-16(14)21/h2-9,15H,10-13H2,1H3,(H,22,24). The van der Waals surface area contributed by atoms with E-state index in [0.29, 0.717) is 29.6 Å². The summed E-state index contributed by atoms with van der Waals surface area (Å²) in [5.74, 6) is 0.773. The molecule has 2 aromatic rings. The lowest BCUT2D eigenvalue weighted by atomic mass is 10.2. The van der Waals surface area contributed by atoms with Crippen LogP contribution in [0.5, 0.6) is 11.5 Å². The first-order valence-electron chi connectivity index (χ1n) is 8.63. The van der Waals surface area contributed by atoms with Gasteiger partial charge in [0.25, 0.3) is 5.91 Å². The number of ether oxygens (including phenoxy) is 2. The van der Waals surface area contributed by atoms with Crippen LogP contribution in [0.1, 0.15) is 12.0 Å². The van der Waals surface area contributed by atoms with Crippen LogP contribution in [0, 0.1) is 0 Å². The summed E-state index contributed by atoms with van der Waals surface area (Å²) in [5.41, 5.74) is 0.888. The van der Waals surface area contributed by atoms with Gasteiger partial charge in [-0.25, -0.2) is 0 Å². The van der Waals surface area contributed by atoms with Gasteiger partial charge >= 0.3 is 0 Å². The highest BCUT2D eigenvalue weighted by Crippen LogP contribution is 2.25. The summed E-state index contributed by atoms with van der Waals surface area (Å²) in [4.78, 5) is 26.1. The number of nitrogens with zero attached hydrogens (tertiary/aromatic N) is 1. The SMILES string of the molecule is COc1ccccc1OCC(=O)NC1CC(=O)N(Cc2ccccc2Cl)C1. The molecule has 0 spiro atoms. The Morgan fingerprint density at radius 3 is 2.63 bits per heavy atom. The molecule has 0 radical (unpaired) electrons. The molecular weight excluding hydrogens is 368 g/mol. The first kappa shape index (κ1) is 19.0. The summed E-state index contributed by atoms with van der Waals surface area (Å²) in [6.07, 6.45) is 0.269. The summed E-state index contributed by atoms with van der Waals surface area (Å²) in [5, 5.41) is 3.47. The highest BCUT2D eigenvalue weighted by molar-refractivity contribution is 6.31. The fourth-order valence-electron chi connectivity index (χ4n) is 3.00. The normalized spacial score (nSPS) is 16.3. The second-order valence-electron chi connectivity index (χ2n) is 6.27. The summed E-state index contributed by atoms with van der Waals surface area (Å²) >= 11 is 6.16. The number of benzene rings is 2. The van der Waals surface area contributed by atoms with E-state index < -0.39 is 0 Å². The summed E-state index contributed by atoms with van der Waals surface area (Å²) in [6, 6.07) is 14.3. The van der Waals surface area contributed by atoms with Crippen LogP contribution in [0.15, 0.2) is 48.5 Å². The Labute approximate surface area is 163 Å². The molecule has 27 heavy (non-hydrogen) atoms. The van der Waals surface area contributed by atoms with Crippen molar-refractivity contribution in [3.63, 3.8) is 0 Å². The van der Waals surface area contributed by atoms with Gasteiger partial charge in [-0.1, -0.05) is 41.9 Å². The Morgan fingerprint density at radius 1 is 1.19 bits per heavy atom. The molecule has 2 amide bonds. The van der Waals surface area contributed by atoms with Gasteiger partial charge in [-0.3, -0.25) is 9.59 Å². The second kappa shape index (κ2) is 8.77. The van der Waals surface area contributed by atoms with E-state index in [1.807, 2.05) is 24.3 Å². The van der Waals surface area contributed by atoms with Gasteiger partial charge in [0.05, 0.1) is 13.2 Å². The summed E-state index contributed by atoms with van der Waals surface area (Å²) < 4.78 is 10.7. The van der Waals surface area contributed by atoms with Gasteiger partial charge in [-0.2, -0.15) is 0 Å². The first-order chi connectivity index (χ1) is 13.1. The van der Waals surface area contributed by atoms with Gasteiger partial charge in [-0.05, 0) is 23.8 Å². The number of likely N-dealkylation sites (tertiary alicyclic amines) is 1. The lowest BCUT2D eigenvalue weighted by molar-refractivity contribution is -0.128. The van der Waals surface area contributed by atoms with Crippen LogP contribution < -0.4 is 14.8 Å². The number of amides is 2. The highest BCUT2D eigenvalue weighted by Gasteiger charge is 2.30. The highest BCUT2D eigenvalue weighted by atomic mass is 35.5. The number of nitrogens with one attached hydrogen (secondary N) is 1. The Balaban J connectivity index is 1.50. The molecule has 1 atom stereocenters. The molecule has 1 unspecified atom stereocenters. The Morgan fingerprint density at radius 2 is 1.89 bits per heavy atom. The molecule has 1 saturated heterocycles. The maximum atomic E-state index is 12.2. The van der Waals surface area contributed by atoms with Crippen molar-refractivity contribution in [3.05, 3.63) is 59.1 Å². The molecule has 1 N–H and O–H groups in total. The van der Waals surface area contributed by atoms with Gasteiger partial charge in [0.2, 0.25) is 5.91 Å². The van der Waals surface area contributed by atoms with Crippen LogP contribution in [0.25, 0.3) is 0 Å². The number of hydrogen-bond acceptors (Lipinski definition) is 4. The monoisotopic (exact) mass is 388 g/mol. The van der Waals surface area contributed by atoms with Crippen LogP contribution in [0.4, 0.5) is 0 Å². The zero-order valence-corrected chi connectivity index (χ0v) is 15.7. The summed E-state index contributed by atoms with van der Waals surface area (Å²) in [6.45, 7) is 0.739. The molecule has 142 valence electrons. The minimum absolute atomic E-state index is 0.00846. The van der Waals surface area contributed by atoms with E-state index in [0.717, 1.165) is 5.56 Å². The molecule has 6 nitrogen and oxygen atoms in total. The Kier molecular flexibility index (Phi) is 6.19. The van der Waals surface area contributed by atoms with Crippen LogP contribution in [-0.2, 0) is 16.1 Å². The molecule has 3 rings (SSSR count). The van der Waals surface area contributed by atoms with Crippen LogP contribution in [-0.4, -0.2) is 43.0 Å². The average Bonchev–Trinajstić information content (AvgIpc) is 3.01. The number of rotatable bonds is 7. The molecule has 2 aromatic carbocycles. The molecule has 1 fully saturated rings. The number of methoxy groups -OCH3 is 1. The van der Waals surface area contributed by atoms with Crippen LogP contribution >= 0.6 is 11.6 Å². The van der Waals surface area contributed by atoms with E-state index in [-0.39, 0.29) is 30.9 Å². The third kappa shape index (κ3) is 4.92. The third-order valence-electron chi connectivity index (χ3n) is 4.33. The van der Waals surface area contributed by atoms with Crippen LogP contribution in [0.3, 0.4) is 0 Å². The zero-order chi connectivity index (χ0) is 19.2. The fourth-order valence-corrected chi connectivity index (χ4v) is 3.20. The van der Waals surface area contributed by atoms with Crippen LogP contribution in [0.2, 0.25) is 5.02 Å². The third-order valence-corrected chi connectivity index (χ3v) is 4.70. The number of halogens is 1. The van der Waals surface area contributed by atoms with Crippen molar-refractivity contribution in [1.82, 2.24) is 10.2 Å². The van der Waals surface area contributed by atoms with Crippen molar-refractivity contribution in [1.29, 1.82) is 0 Å². The zero-order valence-electron chi connectivity index (χ0n) is 15.0. The Hall–Kier alpha value is -2.73. The average molecular weight is 389 g/mol. The number of hydrogen-bond donors (Lipinski definition) is 1. The van der Waals surface area contributed by atoms with Crippen molar-refractivity contribution in [3.8, 4) is 11.5 Å². The minimum Gasteiger partial charge on any atom is -0.493 e. The Bertz CT molecular complexity index is 827. The minimum atomic E-state index is -0.279. The van der Waals surface area contributed by atoms with Crippen molar-refractivity contribution in [2.75, 3.05) is 20.3 Å². The quantitative estimate of drug-likeness (QED) is 0.791. The lowest BCUT2D eigenvalue weighted by Crippen LogP contribution is -2.39. The number of para-hydroxylation sites is 2. The maximum absolute atomic E-state index is 12.2. The van der Waals surface area contributed by atoms with E-state index in [2.05, 4.69) is 5.32 Å². The summed E-state index contributed by atoms with van der Waals surface area (Å²) in [7, 11) is 1.54. The van der Waals surface area contributed by atoms with E-state index in [9.17, 15) is 9.59 Å². The van der Waals surface area contributed by atoms with Crippen molar-refractivity contribution < 1.29 is 19.1 Å². The van der Waals surface area contributed by atoms with Gasteiger partial charge < -0.3 is 19.7 Å². The second-order valence-corrected chi connectivity index (χ2v) is 6.68. The van der Waals surface area contributed by atoms with E-state index in [4.69, 9.17) is 21.1 Å². The molecule has 0 aromatic heterocycles. The smallest absolute Gasteiger partial charge is 0.258 e. The molecule has 0 aliphatic carbocycles. The van der Waals surface area contributed by atoms with Gasteiger partial charge in [0.15, 0.2) is 18.1 Å². The number of carbonyl (C=O) groups is 2. The van der Waals surface area contributed by atoms with Gasteiger partial charge in [0.1, 0.15) is 0 Å². The van der Waals surface area contributed by atoms with E-state index in [1.54, 1.807) is 36.3 Å². The molecule has 0 saturated carbocycles. The van der Waals surface area contributed by atoms with Crippen molar-refractivity contribution in [2.45, 2.75) is 19.0 Å². The predicted octanol–water partition coefficient (Wildman–Crippen LogP) is 2.64. The lowest BCUT2D eigenvalue weighted by Gasteiger charge is -2.18. The fraction of sp³-hybridized carbons (Fsp3) is 0.300. The van der Waals surface area contributed by atoms with E-state index in [1.165, 1.54) is 0 Å². The topological polar surface area (TPSA) is 67.9 Å². The van der Waals surface area contributed by atoms with Crippen molar-refractivity contribution >= 4 is 23.4 Å². The van der Waals surface area contributed by atoms with Crippen molar-refractivity contribution in [2.24, 2.45) is 0 Å². The van der Waals surface area contributed by atoms with E-state index >= 15 is 0 Å². The maximum Gasteiger partial charge on any atom is 0.258 e. The van der Waals surface area contributed by atoms with Gasteiger partial charge in [0, 0.05) is 24.5 Å². The first-order valence-corrected chi connectivity index (χ1v) is 9.01. The molecular formula is C20H21ClN2O4. The molecule has 1 aliphatic heterocycles. The largest absolute Gasteiger partial charge is 0.493 e. The van der Waals surface area contributed by atoms with Gasteiger partial charge in [-0.15, -0.1) is 0 Å². The molecule has 7 heteroatoms. The number of carbonyl (C=O) groups excluding carboxylic acids is 2. The molecule has 1 heterocycles. The molecule has 1 aliphatic rings. The predicted molar refractivity (Wildman–Crippen MR) is 102 cm³/mol.